The molecule has 4 nitrogen and oxygen atoms in total. The molecule has 1 aliphatic rings. The van der Waals surface area contributed by atoms with Gasteiger partial charge in [-0.25, -0.2) is 0 Å². The lowest BCUT2D eigenvalue weighted by Crippen LogP contribution is -2.41. The molecule has 0 aromatic heterocycles. The van der Waals surface area contributed by atoms with E-state index in [1.54, 1.807) is 0 Å². The van der Waals surface area contributed by atoms with Crippen LogP contribution in [0.25, 0.3) is 0 Å². The summed E-state index contributed by atoms with van der Waals surface area (Å²) < 4.78 is 0. The maximum Gasteiger partial charge on any atom is 0.253 e. The van der Waals surface area contributed by atoms with E-state index in [9.17, 15) is 9.59 Å². The molecule has 0 unspecified atom stereocenters. The summed E-state index contributed by atoms with van der Waals surface area (Å²) in [6.45, 7) is 7.30. The third kappa shape index (κ3) is 4.13. The number of anilines is 1. The topological polar surface area (TPSA) is 49.4 Å². The molecule has 0 radical (unpaired) electrons. The summed E-state index contributed by atoms with van der Waals surface area (Å²) in [7, 11) is 0. The Morgan fingerprint density at radius 2 is 1.54 bits per heavy atom. The van der Waals surface area contributed by atoms with Crippen molar-refractivity contribution in [3.05, 3.63) is 64.7 Å². The van der Waals surface area contributed by atoms with Crippen LogP contribution in [0.15, 0.2) is 42.5 Å². The standard InChI is InChI=1S/C22H26N2O2/c1-15-4-7-19(8-5-15)22(26)24-12-10-18(11-13-24)21(25)23-20-9-6-16(2)14-17(20)3/h4-9,14,18H,10-13H2,1-3H3,(H,23,25). The molecule has 0 aliphatic carbocycles. The number of nitrogens with one attached hydrogen (secondary N) is 1. The van der Waals surface area contributed by atoms with Gasteiger partial charge in [0.25, 0.3) is 5.91 Å². The van der Waals surface area contributed by atoms with Gasteiger partial charge in [0, 0.05) is 30.3 Å². The lowest BCUT2D eigenvalue weighted by molar-refractivity contribution is -0.121. The van der Waals surface area contributed by atoms with Crippen LogP contribution < -0.4 is 5.32 Å². The average Bonchev–Trinajstić information content (AvgIpc) is 2.64. The quantitative estimate of drug-likeness (QED) is 0.906. The molecule has 4 heteroatoms. The number of hydrogen-bond donors (Lipinski definition) is 1. The van der Waals surface area contributed by atoms with Gasteiger partial charge in [0.2, 0.25) is 5.91 Å². The van der Waals surface area contributed by atoms with E-state index in [1.165, 1.54) is 5.56 Å². The molecule has 136 valence electrons. The lowest BCUT2D eigenvalue weighted by atomic mass is 9.95. The van der Waals surface area contributed by atoms with Crippen LogP contribution in [0, 0.1) is 26.7 Å². The van der Waals surface area contributed by atoms with Crippen LogP contribution in [-0.2, 0) is 4.79 Å². The number of aryl methyl sites for hydroxylation is 3. The second kappa shape index (κ2) is 7.73. The van der Waals surface area contributed by atoms with Crippen molar-refractivity contribution in [3.63, 3.8) is 0 Å². The zero-order valence-electron chi connectivity index (χ0n) is 15.7. The van der Waals surface area contributed by atoms with Crippen molar-refractivity contribution in [1.29, 1.82) is 0 Å². The van der Waals surface area contributed by atoms with Gasteiger partial charge in [0.1, 0.15) is 0 Å². The molecule has 1 aliphatic heterocycles. The summed E-state index contributed by atoms with van der Waals surface area (Å²) in [6.07, 6.45) is 1.41. The first-order valence-electron chi connectivity index (χ1n) is 9.18. The molecule has 1 fully saturated rings. The molecule has 26 heavy (non-hydrogen) atoms. The molecule has 0 atom stereocenters. The van der Waals surface area contributed by atoms with Gasteiger partial charge < -0.3 is 10.2 Å². The maximum absolute atomic E-state index is 12.6. The predicted molar refractivity (Wildman–Crippen MR) is 104 cm³/mol. The summed E-state index contributed by atoms with van der Waals surface area (Å²) in [4.78, 5) is 27.0. The number of rotatable bonds is 3. The van der Waals surface area contributed by atoms with Crippen LogP contribution in [0.5, 0.6) is 0 Å². The number of benzene rings is 2. The number of carbonyl (C=O) groups is 2. The van der Waals surface area contributed by atoms with Crippen LogP contribution in [-0.4, -0.2) is 29.8 Å². The third-order valence-corrected chi connectivity index (χ3v) is 5.09. The highest BCUT2D eigenvalue weighted by atomic mass is 16.2. The second-order valence-electron chi connectivity index (χ2n) is 7.24. The molecule has 1 saturated heterocycles. The SMILES string of the molecule is Cc1ccc(C(=O)N2CCC(C(=O)Nc3ccc(C)cc3C)CC2)cc1. The minimum absolute atomic E-state index is 0.0437. The fraction of sp³-hybridized carbons (Fsp3) is 0.364. The third-order valence-electron chi connectivity index (χ3n) is 5.09. The number of hydrogen-bond acceptors (Lipinski definition) is 2. The normalized spacial score (nSPS) is 15.0. The van der Waals surface area contributed by atoms with Gasteiger partial charge in [-0.2, -0.15) is 0 Å². The maximum atomic E-state index is 12.6. The van der Waals surface area contributed by atoms with Crippen molar-refractivity contribution in [2.75, 3.05) is 18.4 Å². The number of nitrogens with zero attached hydrogens (tertiary/aromatic N) is 1. The molecule has 1 heterocycles. The van der Waals surface area contributed by atoms with E-state index >= 15 is 0 Å². The van der Waals surface area contributed by atoms with Gasteiger partial charge in [0.05, 0.1) is 0 Å². The number of likely N-dealkylation sites (tertiary alicyclic amines) is 1. The van der Waals surface area contributed by atoms with Crippen LogP contribution in [0.3, 0.4) is 0 Å². The molecule has 1 N–H and O–H groups in total. The molecule has 0 spiro atoms. The van der Waals surface area contributed by atoms with Crippen molar-refractivity contribution in [2.24, 2.45) is 5.92 Å². The van der Waals surface area contributed by atoms with Crippen molar-refractivity contribution in [3.8, 4) is 0 Å². The van der Waals surface area contributed by atoms with E-state index in [-0.39, 0.29) is 17.7 Å². The number of piperidine rings is 1. The summed E-state index contributed by atoms with van der Waals surface area (Å²) in [5.74, 6) is 0.0652. The Hall–Kier alpha value is -2.62. The first kappa shape index (κ1) is 18.2. The fourth-order valence-electron chi connectivity index (χ4n) is 3.41. The second-order valence-corrected chi connectivity index (χ2v) is 7.24. The van der Waals surface area contributed by atoms with Gasteiger partial charge >= 0.3 is 0 Å². The molecule has 3 rings (SSSR count). The van der Waals surface area contributed by atoms with E-state index < -0.39 is 0 Å². The molecular weight excluding hydrogens is 324 g/mol. The highest BCUT2D eigenvalue weighted by molar-refractivity contribution is 5.95. The Morgan fingerprint density at radius 3 is 2.15 bits per heavy atom. The fourth-order valence-corrected chi connectivity index (χ4v) is 3.41. The van der Waals surface area contributed by atoms with Gasteiger partial charge in [-0.3, -0.25) is 9.59 Å². The van der Waals surface area contributed by atoms with E-state index in [2.05, 4.69) is 11.4 Å². The molecule has 0 saturated carbocycles. The number of carbonyl (C=O) groups excluding carboxylic acids is 2. The lowest BCUT2D eigenvalue weighted by Gasteiger charge is -2.31. The molecule has 2 aromatic carbocycles. The summed E-state index contributed by atoms with van der Waals surface area (Å²) >= 11 is 0. The Bertz CT molecular complexity index is 803. The van der Waals surface area contributed by atoms with E-state index in [1.807, 2.05) is 62.1 Å². The van der Waals surface area contributed by atoms with Crippen molar-refractivity contribution < 1.29 is 9.59 Å². The van der Waals surface area contributed by atoms with Crippen molar-refractivity contribution in [1.82, 2.24) is 4.90 Å². The van der Waals surface area contributed by atoms with E-state index in [4.69, 9.17) is 0 Å². The van der Waals surface area contributed by atoms with Gasteiger partial charge in [0.15, 0.2) is 0 Å². The van der Waals surface area contributed by atoms with Crippen molar-refractivity contribution in [2.45, 2.75) is 33.6 Å². The minimum atomic E-state index is -0.0437. The smallest absolute Gasteiger partial charge is 0.253 e. The van der Waals surface area contributed by atoms with E-state index in [0.717, 1.165) is 16.8 Å². The first-order valence-corrected chi connectivity index (χ1v) is 9.18. The highest BCUT2D eigenvalue weighted by Gasteiger charge is 2.28. The zero-order valence-corrected chi connectivity index (χ0v) is 15.7. The first-order chi connectivity index (χ1) is 12.4. The van der Waals surface area contributed by atoms with Crippen LogP contribution >= 0.6 is 0 Å². The van der Waals surface area contributed by atoms with Gasteiger partial charge in [-0.15, -0.1) is 0 Å². The van der Waals surface area contributed by atoms with Crippen LogP contribution in [0.4, 0.5) is 5.69 Å². The minimum Gasteiger partial charge on any atom is -0.339 e. The van der Waals surface area contributed by atoms with E-state index in [0.29, 0.717) is 31.5 Å². The van der Waals surface area contributed by atoms with Gasteiger partial charge in [-0.1, -0.05) is 35.4 Å². The van der Waals surface area contributed by atoms with Crippen molar-refractivity contribution >= 4 is 17.5 Å². The molecule has 0 bridgehead atoms. The largest absolute Gasteiger partial charge is 0.339 e. The Kier molecular flexibility index (Phi) is 5.40. The molecule has 2 aromatic rings. The average molecular weight is 350 g/mol. The Labute approximate surface area is 155 Å². The predicted octanol–water partition coefficient (Wildman–Crippen LogP) is 4.10. The summed E-state index contributed by atoms with van der Waals surface area (Å²) in [5, 5.41) is 3.05. The monoisotopic (exact) mass is 350 g/mol. The Morgan fingerprint density at radius 1 is 0.923 bits per heavy atom. The molecule has 2 amide bonds. The van der Waals surface area contributed by atoms with Gasteiger partial charge in [-0.05, 0) is 57.4 Å². The Balaban J connectivity index is 1.56. The highest BCUT2D eigenvalue weighted by Crippen LogP contribution is 2.23. The molecular formula is C22H26N2O2. The zero-order chi connectivity index (χ0) is 18.7. The van der Waals surface area contributed by atoms with Crippen LogP contribution in [0.2, 0.25) is 0 Å². The number of amides is 2. The van der Waals surface area contributed by atoms with Crippen LogP contribution in [0.1, 0.15) is 39.9 Å². The summed E-state index contributed by atoms with van der Waals surface area (Å²) in [6, 6.07) is 13.7. The summed E-state index contributed by atoms with van der Waals surface area (Å²) in [5.41, 5.74) is 4.99.